The van der Waals surface area contributed by atoms with Crippen molar-refractivity contribution < 1.29 is 50.5 Å². The van der Waals surface area contributed by atoms with E-state index in [0.29, 0.717) is 29.0 Å². The summed E-state index contributed by atoms with van der Waals surface area (Å²) in [6, 6.07) is 10.3. The van der Waals surface area contributed by atoms with Gasteiger partial charge in [0.1, 0.15) is 5.75 Å². The van der Waals surface area contributed by atoms with Crippen molar-refractivity contribution in [2.75, 3.05) is 14.2 Å². The topological polar surface area (TPSA) is 76.1 Å². The number of halogens is 6. The summed E-state index contributed by atoms with van der Waals surface area (Å²) in [5.74, 6) is -1.21. The van der Waals surface area contributed by atoms with Gasteiger partial charge in [-0.3, -0.25) is 4.90 Å². The van der Waals surface area contributed by atoms with Crippen LogP contribution in [0.25, 0.3) is 11.1 Å². The van der Waals surface area contributed by atoms with E-state index in [9.17, 15) is 41.0 Å². The number of aromatic carboxylic acids is 1. The SMILES string of the molecule is COC(=O)N(Cc1cc(C(=O)O)cc(C(F)(F)F)c1)Cc1cc(C(F)(F)F)ccc1-c1cc(C(C)C)ccc1OC. The van der Waals surface area contributed by atoms with Gasteiger partial charge in [-0.1, -0.05) is 26.0 Å². The first kappa shape index (κ1) is 31.3. The summed E-state index contributed by atoms with van der Waals surface area (Å²) in [4.78, 5) is 25.1. The molecule has 1 amide bonds. The fraction of sp³-hybridized carbons (Fsp3) is 0.310. The Bertz CT molecular complexity index is 1430. The highest BCUT2D eigenvalue weighted by Gasteiger charge is 2.33. The highest BCUT2D eigenvalue weighted by atomic mass is 19.4. The van der Waals surface area contributed by atoms with Gasteiger partial charge >= 0.3 is 24.4 Å². The van der Waals surface area contributed by atoms with Crippen molar-refractivity contribution in [3.8, 4) is 16.9 Å². The van der Waals surface area contributed by atoms with E-state index < -0.39 is 54.2 Å². The molecule has 0 fully saturated rings. The van der Waals surface area contributed by atoms with Crippen LogP contribution in [0.5, 0.6) is 5.75 Å². The van der Waals surface area contributed by atoms with Crippen molar-refractivity contribution in [3.63, 3.8) is 0 Å². The number of carboxylic acids is 1. The highest BCUT2D eigenvalue weighted by Crippen LogP contribution is 2.39. The normalized spacial score (nSPS) is 11.9. The van der Waals surface area contributed by atoms with Gasteiger partial charge in [-0.05, 0) is 70.6 Å². The van der Waals surface area contributed by atoms with Crippen LogP contribution in [-0.2, 0) is 30.2 Å². The van der Waals surface area contributed by atoms with E-state index in [1.807, 2.05) is 19.9 Å². The molecule has 41 heavy (non-hydrogen) atoms. The average molecular weight is 584 g/mol. The zero-order valence-corrected chi connectivity index (χ0v) is 22.5. The maximum Gasteiger partial charge on any atom is 0.416 e. The van der Waals surface area contributed by atoms with E-state index in [1.54, 1.807) is 12.1 Å². The van der Waals surface area contributed by atoms with Crippen LogP contribution >= 0.6 is 0 Å². The van der Waals surface area contributed by atoms with Crippen LogP contribution in [0.2, 0.25) is 0 Å². The Morgan fingerprint density at radius 3 is 2.02 bits per heavy atom. The average Bonchev–Trinajstić information content (AvgIpc) is 2.90. The van der Waals surface area contributed by atoms with Crippen LogP contribution in [0.3, 0.4) is 0 Å². The predicted octanol–water partition coefficient (Wildman–Crippen LogP) is 7.99. The van der Waals surface area contributed by atoms with Gasteiger partial charge in [-0.2, -0.15) is 26.3 Å². The molecule has 3 aromatic carbocycles. The molecule has 220 valence electrons. The van der Waals surface area contributed by atoms with Crippen LogP contribution in [-0.4, -0.2) is 36.3 Å². The quantitative estimate of drug-likeness (QED) is 0.272. The van der Waals surface area contributed by atoms with Gasteiger partial charge in [0.2, 0.25) is 0 Å². The number of hydrogen-bond acceptors (Lipinski definition) is 4. The zero-order valence-electron chi connectivity index (χ0n) is 22.5. The molecule has 0 aliphatic heterocycles. The van der Waals surface area contributed by atoms with E-state index in [-0.39, 0.29) is 17.0 Å². The lowest BCUT2D eigenvalue weighted by Gasteiger charge is -2.25. The summed E-state index contributed by atoms with van der Waals surface area (Å²) in [5, 5.41) is 9.31. The smallest absolute Gasteiger partial charge is 0.416 e. The van der Waals surface area contributed by atoms with Gasteiger partial charge in [0.15, 0.2) is 0 Å². The molecule has 0 aromatic heterocycles. The number of benzene rings is 3. The Balaban J connectivity index is 2.18. The summed E-state index contributed by atoms with van der Waals surface area (Å²) in [7, 11) is 2.40. The zero-order chi connectivity index (χ0) is 30.7. The monoisotopic (exact) mass is 583 g/mol. The van der Waals surface area contributed by atoms with E-state index in [2.05, 4.69) is 0 Å². The molecule has 0 saturated carbocycles. The van der Waals surface area contributed by atoms with Crippen LogP contribution in [0, 0.1) is 0 Å². The lowest BCUT2D eigenvalue weighted by molar-refractivity contribution is -0.138. The first-order chi connectivity index (χ1) is 19.0. The first-order valence-corrected chi connectivity index (χ1v) is 12.2. The number of methoxy groups -OCH3 is 2. The van der Waals surface area contributed by atoms with Crippen LogP contribution < -0.4 is 4.74 Å². The minimum atomic E-state index is -4.89. The molecular weight excluding hydrogens is 556 g/mol. The molecule has 0 aliphatic rings. The number of alkyl halides is 6. The Morgan fingerprint density at radius 1 is 0.829 bits per heavy atom. The number of hydrogen-bond donors (Lipinski definition) is 1. The van der Waals surface area contributed by atoms with Crippen LogP contribution in [0.15, 0.2) is 54.6 Å². The first-order valence-electron chi connectivity index (χ1n) is 12.2. The number of amides is 1. The lowest BCUT2D eigenvalue weighted by atomic mass is 9.92. The molecule has 0 radical (unpaired) electrons. The summed E-state index contributed by atoms with van der Waals surface area (Å²) in [6.45, 7) is 2.76. The van der Waals surface area contributed by atoms with Gasteiger partial charge in [-0.25, -0.2) is 9.59 Å². The van der Waals surface area contributed by atoms with E-state index in [4.69, 9.17) is 9.47 Å². The van der Waals surface area contributed by atoms with Crippen molar-refractivity contribution in [3.05, 3.63) is 88.0 Å². The van der Waals surface area contributed by atoms with Crippen molar-refractivity contribution >= 4 is 12.1 Å². The molecule has 0 spiro atoms. The Morgan fingerprint density at radius 2 is 1.49 bits per heavy atom. The fourth-order valence-electron chi connectivity index (χ4n) is 4.27. The van der Waals surface area contributed by atoms with Gasteiger partial charge in [0, 0.05) is 18.7 Å². The maximum atomic E-state index is 13.7. The minimum absolute atomic E-state index is 0.00913. The molecule has 3 rings (SSSR count). The molecule has 0 unspecified atom stereocenters. The number of rotatable bonds is 8. The maximum absolute atomic E-state index is 13.7. The van der Waals surface area contributed by atoms with Crippen molar-refractivity contribution in [1.82, 2.24) is 4.90 Å². The molecule has 0 saturated heterocycles. The van der Waals surface area contributed by atoms with Gasteiger partial charge in [0.25, 0.3) is 0 Å². The molecule has 0 atom stereocenters. The molecule has 12 heteroatoms. The summed E-state index contributed by atoms with van der Waals surface area (Å²) >= 11 is 0. The number of nitrogens with zero attached hydrogens (tertiary/aromatic N) is 1. The van der Waals surface area contributed by atoms with Crippen LogP contribution in [0.1, 0.15) is 57.9 Å². The number of carboxylic acid groups (broad SMARTS) is 1. The third-order valence-corrected chi connectivity index (χ3v) is 6.35. The van der Waals surface area contributed by atoms with E-state index in [0.717, 1.165) is 35.8 Å². The third kappa shape index (κ3) is 7.50. The van der Waals surface area contributed by atoms with Gasteiger partial charge in [0.05, 0.1) is 30.9 Å². The van der Waals surface area contributed by atoms with Crippen molar-refractivity contribution in [2.24, 2.45) is 0 Å². The number of ether oxygens (including phenoxy) is 2. The fourth-order valence-corrected chi connectivity index (χ4v) is 4.27. The Labute approximate surface area is 232 Å². The lowest BCUT2D eigenvalue weighted by Crippen LogP contribution is -2.30. The second kappa shape index (κ2) is 12.1. The van der Waals surface area contributed by atoms with Gasteiger partial charge in [-0.15, -0.1) is 0 Å². The molecule has 0 aliphatic carbocycles. The van der Waals surface area contributed by atoms with Crippen molar-refractivity contribution in [1.29, 1.82) is 0 Å². The van der Waals surface area contributed by atoms with Crippen molar-refractivity contribution in [2.45, 2.75) is 45.2 Å². The predicted molar refractivity (Wildman–Crippen MR) is 138 cm³/mol. The third-order valence-electron chi connectivity index (χ3n) is 6.35. The van der Waals surface area contributed by atoms with E-state index in [1.165, 1.54) is 13.2 Å². The standard InChI is InChI=1S/C29H27F6NO5/c1-16(2)18-5-8-25(40-3)24(13-18)23-7-6-21(28(30,31)32)12-20(23)15-36(27(39)41-4)14-17-9-19(26(37)38)11-22(10-17)29(33,34)35/h5-13,16H,14-15H2,1-4H3,(H,37,38). The summed E-state index contributed by atoms with van der Waals surface area (Å²) < 4.78 is 91.7. The molecule has 0 bridgehead atoms. The Kier molecular flexibility index (Phi) is 9.25. The van der Waals surface area contributed by atoms with E-state index >= 15 is 0 Å². The summed E-state index contributed by atoms with van der Waals surface area (Å²) in [5.41, 5.74) is -1.54. The Hall–Kier alpha value is -4.22. The van der Waals surface area contributed by atoms with Crippen LogP contribution in [0.4, 0.5) is 31.1 Å². The molecule has 3 aromatic rings. The number of carbonyl (C=O) groups excluding carboxylic acids is 1. The second-order valence-corrected chi connectivity index (χ2v) is 9.53. The molecule has 6 nitrogen and oxygen atoms in total. The summed E-state index contributed by atoms with van der Waals surface area (Å²) in [6.07, 6.45) is -10.7. The minimum Gasteiger partial charge on any atom is -0.496 e. The largest absolute Gasteiger partial charge is 0.496 e. The highest BCUT2D eigenvalue weighted by molar-refractivity contribution is 5.88. The van der Waals surface area contributed by atoms with Gasteiger partial charge < -0.3 is 14.6 Å². The number of carbonyl (C=O) groups is 2. The molecular formula is C29H27F6NO5. The second-order valence-electron chi connectivity index (χ2n) is 9.53. The molecule has 0 heterocycles. The molecule has 1 N–H and O–H groups in total.